The summed E-state index contributed by atoms with van der Waals surface area (Å²) in [5.41, 5.74) is 4.78. The number of hydrogen-bond acceptors (Lipinski definition) is 5. The number of ketones is 1. The van der Waals surface area contributed by atoms with Crippen LogP contribution in [0.2, 0.25) is 0 Å². The van der Waals surface area contributed by atoms with Gasteiger partial charge in [0, 0.05) is 6.21 Å². The number of carbonyl (C=O) groups excluding carboxylic acids is 1. The minimum atomic E-state index is -1.08. The van der Waals surface area contributed by atoms with Crippen molar-refractivity contribution in [3.8, 4) is 5.75 Å². The Morgan fingerprint density at radius 1 is 1.23 bits per heavy atom. The molecule has 0 aliphatic carbocycles. The van der Waals surface area contributed by atoms with Gasteiger partial charge in [-0.3, -0.25) is 9.80 Å². The molecule has 0 saturated heterocycles. The van der Waals surface area contributed by atoms with Gasteiger partial charge in [-0.2, -0.15) is 5.10 Å². The number of para-hydroxylation sites is 1. The van der Waals surface area contributed by atoms with Crippen molar-refractivity contribution < 1.29 is 19.4 Å². The molecule has 0 aromatic heterocycles. The van der Waals surface area contributed by atoms with E-state index in [0.717, 1.165) is 24.0 Å². The minimum Gasteiger partial charge on any atom is -0.479 e. The number of carboxylic acids is 1. The summed E-state index contributed by atoms with van der Waals surface area (Å²) in [4.78, 5) is 24.5. The van der Waals surface area contributed by atoms with Gasteiger partial charge in [0.1, 0.15) is 13.6 Å². The van der Waals surface area contributed by atoms with Crippen LogP contribution in [0.1, 0.15) is 42.3 Å². The van der Waals surface area contributed by atoms with Gasteiger partial charge in [-0.05, 0) is 37.0 Å². The molecule has 1 N–H and O–H groups in total. The maximum atomic E-state index is 13.3. The maximum Gasteiger partial charge on any atom is 0.344 e. The lowest BCUT2D eigenvalue weighted by molar-refractivity contribution is -0.144. The van der Waals surface area contributed by atoms with Gasteiger partial charge in [0.15, 0.2) is 11.9 Å². The number of anilines is 1. The molecule has 0 bridgehead atoms. The molecule has 0 saturated carbocycles. The SMILES string of the molecule is Bc1ccc(OC(C)C(=O)O)c(C(=O)C2C=NN(c3c(CC)cccc3CC)C2)c1. The molecular weight excluding hydrogens is 379 g/mol. The molecule has 156 valence electrons. The Kier molecular flexibility index (Phi) is 6.60. The topological polar surface area (TPSA) is 79.2 Å². The molecule has 2 aromatic carbocycles. The van der Waals surface area contributed by atoms with E-state index in [4.69, 9.17) is 9.84 Å². The van der Waals surface area contributed by atoms with Crippen LogP contribution in [-0.2, 0) is 17.6 Å². The van der Waals surface area contributed by atoms with Crippen molar-refractivity contribution in [1.82, 2.24) is 0 Å². The van der Waals surface area contributed by atoms with E-state index >= 15 is 0 Å². The number of Topliss-reactive ketones (excluding diaryl/α,β-unsaturated/α-hetero) is 1. The second-order valence-corrected chi connectivity index (χ2v) is 7.55. The highest BCUT2D eigenvalue weighted by Crippen LogP contribution is 2.31. The van der Waals surface area contributed by atoms with Gasteiger partial charge in [-0.25, -0.2) is 4.79 Å². The Morgan fingerprint density at radius 3 is 2.50 bits per heavy atom. The zero-order chi connectivity index (χ0) is 21.8. The Morgan fingerprint density at radius 2 is 1.90 bits per heavy atom. The highest BCUT2D eigenvalue weighted by atomic mass is 16.5. The van der Waals surface area contributed by atoms with Crippen molar-refractivity contribution in [2.75, 3.05) is 11.6 Å². The summed E-state index contributed by atoms with van der Waals surface area (Å²) >= 11 is 0. The standard InChI is InChI=1S/C23H27BN2O4/c1-4-15-7-6-8-16(5-2)21(15)26-13-17(12-25-26)22(27)19-11-18(24)9-10-20(19)30-14(3)23(28)29/h6-12,14,17H,4-5,13,24H2,1-3H3,(H,28,29). The Balaban J connectivity index is 1.87. The first-order chi connectivity index (χ1) is 14.3. The third kappa shape index (κ3) is 4.40. The predicted molar refractivity (Wildman–Crippen MR) is 121 cm³/mol. The van der Waals surface area contributed by atoms with E-state index in [0.29, 0.717) is 12.1 Å². The summed E-state index contributed by atoms with van der Waals surface area (Å²) in [7, 11) is 1.89. The van der Waals surface area contributed by atoms with Gasteiger partial charge < -0.3 is 9.84 Å². The van der Waals surface area contributed by atoms with Crippen molar-refractivity contribution >= 4 is 37.0 Å². The molecule has 0 radical (unpaired) electrons. The van der Waals surface area contributed by atoms with Gasteiger partial charge in [0.2, 0.25) is 0 Å². The second kappa shape index (κ2) is 9.16. The molecule has 1 heterocycles. The third-order valence-corrected chi connectivity index (χ3v) is 5.37. The van der Waals surface area contributed by atoms with Crippen molar-refractivity contribution in [3.05, 3.63) is 53.1 Å². The Bertz CT molecular complexity index is 967. The zero-order valence-corrected chi connectivity index (χ0v) is 17.9. The number of aliphatic carboxylic acids is 1. The average molecular weight is 406 g/mol. The summed E-state index contributed by atoms with van der Waals surface area (Å²) in [5, 5.41) is 15.6. The van der Waals surface area contributed by atoms with Crippen LogP contribution in [0.25, 0.3) is 0 Å². The fourth-order valence-corrected chi connectivity index (χ4v) is 3.67. The molecular formula is C23H27BN2O4. The molecule has 2 unspecified atom stereocenters. The molecule has 2 aromatic rings. The molecule has 0 spiro atoms. The lowest BCUT2D eigenvalue weighted by Gasteiger charge is -2.22. The van der Waals surface area contributed by atoms with E-state index in [-0.39, 0.29) is 11.5 Å². The molecule has 2 atom stereocenters. The van der Waals surface area contributed by atoms with Crippen molar-refractivity contribution in [1.29, 1.82) is 0 Å². The third-order valence-electron chi connectivity index (χ3n) is 5.37. The van der Waals surface area contributed by atoms with Gasteiger partial charge in [0.05, 0.1) is 23.7 Å². The summed E-state index contributed by atoms with van der Waals surface area (Å²) < 4.78 is 5.55. The number of nitrogens with zero attached hydrogens (tertiary/aromatic N) is 2. The summed E-state index contributed by atoms with van der Waals surface area (Å²) in [5.74, 6) is -1.34. The zero-order valence-electron chi connectivity index (χ0n) is 17.9. The fraction of sp³-hybridized carbons (Fsp3) is 0.348. The van der Waals surface area contributed by atoms with Crippen LogP contribution in [-0.4, -0.2) is 43.6 Å². The van der Waals surface area contributed by atoms with E-state index < -0.39 is 18.0 Å². The molecule has 1 aliphatic rings. The van der Waals surface area contributed by atoms with E-state index in [1.807, 2.05) is 12.9 Å². The van der Waals surface area contributed by atoms with Gasteiger partial charge >= 0.3 is 5.97 Å². The smallest absolute Gasteiger partial charge is 0.344 e. The number of carbonyl (C=O) groups is 2. The average Bonchev–Trinajstić information content (AvgIpc) is 3.23. The number of ether oxygens (including phenoxy) is 1. The number of benzene rings is 2. The number of rotatable bonds is 8. The number of carboxylic acid groups (broad SMARTS) is 1. The van der Waals surface area contributed by atoms with Gasteiger partial charge in [0.25, 0.3) is 0 Å². The Hall–Kier alpha value is -3.09. The van der Waals surface area contributed by atoms with Crippen LogP contribution < -0.4 is 15.2 Å². The monoisotopic (exact) mass is 406 g/mol. The molecule has 7 heteroatoms. The maximum absolute atomic E-state index is 13.3. The summed E-state index contributed by atoms with van der Waals surface area (Å²) in [6.45, 7) is 6.12. The quantitative estimate of drug-likeness (QED) is 0.537. The van der Waals surface area contributed by atoms with Crippen LogP contribution in [0.5, 0.6) is 5.75 Å². The fourth-order valence-electron chi connectivity index (χ4n) is 3.67. The van der Waals surface area contributed by atoms with Crippen LogP contribution in [0.4, 0.5) is 5.69 Å². The first-order valence-corrected chi connectivity index (χ1v) is 10.3. The molecule has 30 heavy (non-hydrogen) atoms. The first-order valence-electron chi connectivity index (χ1n) is 10.3. The van der Waals surface area contributed by atoms with Crippen LogP contribution in [0.3, 0.4) is 0 Å². The van der Waals surface area contributed by atoms with Gasteiger partial charge in [-0.15, -0.1) is 0 Å². The van der Waals surface area contributed by atoms with E-state index in [9.17, 15) is 9.59 Å². The molecule has 6 nitrogen and oxygen atoms in total. The lowest BCUT2D eigenvalue weighted by Crippen LogP contribution is -2.28. The molecule has 0 fully saturated rings. The summed E-state index contributed by atoms with van der Waals surface area (Å²) in [6, 6.07) is 11.5. The number of aryl methyl sites for hydroxylation is 2. The van der Waals surface area contributed by atoms with Crippen LogP contribution in [0, 0.1) is 5.92 Å². The minimum absolute atomic E-state index is 0.121. The highest BCUT2D eigenvalue weighted by Gasteiger charge is 2.30. The first kappa shape index (κ1) is 21.6. The largest absolute Gasteiger partial charge is 0.479 e. The molecule has 0 amide bonds. The molecule has 1 aliphatic heterocycles. The van der Waals surface area contributed by atoms with E-state index in [1.54, 1.807) is 24.4 Å². The van der Waals surface area contributed by atoms with E-state index in [2.05, 4.69) is 37.1 Å². The highest BCUT2D eigenvalue weighted by molar-refractivity contribution is 6.33. The van der Waals surface area contributed by atoms with Crippen molar-refractivity contribution in [2.45, 2.75) is 39.7 Å². The predicted octanol–water partition coefficient (Wildman–Crippen LogP) is 2.23. The van der Waals surface area contributed by atoms with E-state index in [1.165, 1.54) is 18.1 Å². The van der Waals surface area contributed by atoms with Crippen LogP contribution in [0.15, 0.2) is 41.5 Å². The second-order valence-electron chi connectivity index (χ2n) is 7.55. The van der Waals surface area contributed by atoms with Crippen molar-refractivity contribution in [3.63, 3.8) is 0 Å². The van der Waals surface area contributed by atoms with Crippen LogP contribution >= 0.6 is 0 Å². The van der Waals surface area contributed by atoms with Crippen molar-refractivity contribution in [2.24, 2.45) is 11.0 Å². The normalized spacial score (nSPS) is 16.5. The lowest BCUT2D eigenvalue weighted by atomic mass is 9.90. The molecule has 3 rings (SSSR count). The number of hydrazone groups is 1. The number of hydrogen-bond donors (Lipinski definition) is 1. The Labute approximate surface area is 178 Å². The summed E-state index contributed by atoms with van der Waals surface area (Å²) in [6.07, 6.45) is 2.41. The van der Waals surface area contributed by atoms with Gasteiger partial charge in [-0.1, -0.05) is 49.6 Å².